The fourth-order valence-corrected chi connectivity index (χ4v) is 3.62. The first-order valence-corrected chi connectivity index (χ1v) is 8.35. The highest BCUT2D eigenvalue weighted by molar-refractivity contribution is 7.25. The van der Waals surface area contributed by atoms with Crippen LogP contribution in [0.2, 0.25) is 0 Å². The zero-order valence-electron chi connectivity index (χ0n) is 13.3. The number of benzene rings is 1. The van der Waals surface area contributed by atoms with Gasteiger partial charge in [0.2, 0.25) is 0 Å². The van der Waals surface area contributed by atoms with E-state index >= 15 is 0 Å². The molecule has 0 atom stereocenters. The van der Waals surface area contributed by atoms with E-state index in [-0.39, 0.29) is 0 Å². The maximum atomic E-state index is 4.83. The number of hydrogen-bond donors (Lipinski definition) is 0. The Morgan fingerprint density at radius 3 is 2.62 bits per heavy atom. The molecule has 0 aliphatic heterocycles. The monoisotopic (exact) mass is 333 g/mol. The minimum Gasteiger partial charge on any atom is -0.362 e. The second-order valence-electron chi connectivity index (χ2n) is 5.53. The lowest BCUT2D eigenvalue weighted by molar-refractivity contribution is 0.624. The van der Waals surface area contributed by atoms with Gasteiger partial charge in [0.05, 0.1) is 5.52 Å². The molecule has 4 rings (SSSR count). The zero-order valence-corrected chi connectivity index (χ0v) is 14.2. The minimum absolute atomic E-state index is 0.676. The predicted molar refractivity (Wildman–Crippen MR) is 99.0 cm³/mol. The molecule has 0 bridgehead atoms. The molecule has 4 aromatic rings. The average molecular weight is 333 g/mol. The van der Waals surface area contributed by atoms with Crippen molar-refractivity contribution in [3.63, 3.8) is 0 Å². The summed E-state index contributed by atoms with van der Waals surface area (Å²) in [6, 6.07) is 14.1. The Morgan fingerprint density at radius 2 is 1.83 bits per heavy atom. The molecule has 0 N–H and O–H groups in total. The smallest absolute Gasteiger partial charge is 0.175 e. The lowest BCUT2D eigenvalue weighted by Gasteiger charge is -2.15. The van der Waals surface area contributed by atoms with Crippen molar-refractivity contribution in [1.29, 1.82) is 0 Å². The molecule has 0 radical (unpaired) electrons. The van der Waals surface area contributed by atoms with Crippen molar-refractivity contribution in [3.05, 3.63) is 60.6 Å². The average Bonchev–Trinajstić information content (AvgIpc) is 2.99. The van der Waals surface area contributed by atoms with Gasteiger partial charge in [-0.1, -0.05) is 30.3 Å². The summed E-state index contributed by atoms with van der Waals surface area (Å²) in [6.07, 6.45) is 3.36. The van der Waals surface area contributed by atoms with Gasteiger partial charge in [0.1, 0.15) is 21.7 Å². The largest absolute Gasteiger partial charge is 0.362 e. The van der Waals surface area contributed by atoms with Gasteiger partial charge >= 0.3 is 0 Å². The van der Waals surface area contributed by atoms with Crippen molar-refractivity contribution in [2.75, 3.05) is 14.1 Å². The SMILES string of the molecule is CN(C)C(=Nc1ncnc2c1sc1ncccc12)c1ccccc1. The molecule has 3 heterocycles. The number of aliphatic imine (C=N–C) groups is 1. The number of rotatable bonds is 2. The summed E-state index contributed by atoms with van der Waals surface area (Å²) in [6.45, 7) is 0. The third-order valence-electron chi connectivity index (χ3n) is 3.68. The van der Waals surface area contributed by atoms with E-state index in [0.29, 0.717) is 5.82 Å². The van der Waals surface area contributed by atoms with Crippen LogP contribution in [0.1, 0.15) is 5.56 Å². The highest BCUT2D eigenvalue weighted by atomic mass is 32.1. The number of nitrogens with zero attached hydrogens (tertiary/aromatic N) is 5. The van der Waals surface area contributed by atoms with E-state index in [1.807, 2.05) is 61.5 Å². The lowest BCUT2D eigenvalue weighted by Crippen LogP contribution is -2.22. The number of hydrogen-bond acceptors (Lipinski definition) is 5. The molecule has 5 nitrogen and oxygen atoms in total. The Kier molecular flexibility index (Phi) is 3.66. The van der Waals surface area contributed by atoms with E-state index in [1.54, 1.807) is 23.9 Å². The maximum absolute atomic E-state index is 4.83. The molecule has 0 spiro atoms. The third kappa shape index (κ3) is 2.51. The van der Waals surface area contributed by atoms with Crippen LogP contribution in [0, 0.1) is 0 Å². The Labute approximate surface area is 143 Å². The van der Waals surface area contributed by atoms with E-state index in [2.05, 4.69) is 15.0 Å². The molecule has 6 heteroatoms. The van der Waals surface area contributed by atoms with Crippen LogP contribution in [-0.2, 0) is 0 Å². The third-order valence-corrected chi connectivity index (χ3v) is 4.78. The van der Waals surface area contributed by atoms with Gasteiger partial charge in [0, 0.05) is 31.2 Å². The van der Waals surface area contributed by atoms with Crippen LogP contribution < -0.4 is 0 Å². The standard InChI is InChI=1S/C18H15N5S/c1-23(2)17(12-7-4-3-5-8-12)22-16-15-14(20-11-21-16)13-9-6-10-19-18(13)24-15/h3-11H,1-2H3. The van der Waals surface area contributed by atoms with Crippen LogP contribution in [0.3, 0.4) is 0 Å². The second kappa shape index (κ2) is 5.98. The topological polar surface area (TPSA) is 54.3 Å². The van der Waals surface area contributed by atoms with E-state index < -0.39 is 0 Å². The molecule has 0 saturated heterocycles. The van der Waals surface area contributed by atoms with Gasteiger partial charge < -0.3 is 4.90 Å². The first-order valence-electron chi connectivity index (χ1n) is 7.53. The van der Waals surface area contributed by atoms with Crippen LogP contribution >= 0.6 is 11.3 Å². The van der Waals surface area contributed by atoms with E-state index in [0.717, 1.165) is 31.8 Å². The summed E-state index contributed by atoms with van der Waals surface area (Å²) in [4.78, 5) is 21.0. The molecule has 24 heavy (non-hydrogen) atoms. The van der Waals surface area contributed by atoms with Crippen molar-refractivity contribution in [1.82, 2.24) is 19.9 Å². The molecular formula is C18H15N5S. The number of pyridine rings is 1. The minimum atomic E-state index is 0.676. The Hall–Kier alpha value is -2.86. The molecule has 0 fully saturated rings. The number of amidine groups is 1. The van der Waals surface area contributed by atoms with Crippen LogP contribution in [0.15, 0.2) is 60.0 Å². The molecule has 0 aliphatic rings. The lowest BCUT2D eigenvalue weighted by atomic mass is 10.2. The fourth-order valence-electron chi connectivity index (χ4n) is 2.59. The second-order valence-corrected chi connectivity index (χ2v) is 6.53. The predicted octanol–water partition coefficient (Wildman–Crippen LogP) is 3.88. The number of thiophene rings is 1. The summed E-state index contributed by atoms with van der Waals surface area (Å²) in [5.74, 6) is 1.54. The molecule has 0 unspecified atom stereocenters. The van der Waals surface area contributed by atoms with Crippen molar-refractivity contribution in [2.45, 2.75) is 0 Å². The molecule has 1 aromatic carbocycles. The zero-order chi connectivity index (χ0) is 16.5. The van der Waals surface area contributed by atoms with Gasteiger partial charge in [0.25, 0.3) is 0 Å². The Balaban J connectivity index is 1.95. The highest BCUT2D eigenvalue weighted by Crippen LogP contribution is 2.35. The highest BCUT2D eigenvalue weighted by Gasteiger charge is 2.13. The first-order chi connectivity index (χ1) is 11.7. The number of fused-ring (bicyclic) bond motifs is 3. The van der Waals surface area contributed by atoms with Crippen LogP contribution in [0.4, 0.5) is 5.82 Å². The van der Waals surface area contributed by atoms with E-state index in [1.165, 1.54) is 0 Å². The summed E-state index contributed by atoms with van der Waals surface area (Å²) < 4.78 is 0.960. The van der Waals surface area contributed by atoms with Gasteiger partial charge in [-0.05, 0) is 12.1 Å². The fraction of sp³-hybridized carbons (Fsp3) is 0.111. The van der Waals surface area contributed by atoms with E-state index in [9.17, 15) is 0 Å². The van der Waals surface area contributed by atoms with E-state index in [4.69, 9.17) is 4.99 Å². The molecule has 0 amide bonds. The first kappa shape index (κ1) is 14.7. The summed E-state index contributed by atoms with van der Waals surface area (Å²) >= 11 is 1.58. The normalized spacial score (nSPS) is 12.0. The summed E-state index contributed by atoms with van der Waals surface area (Å²) in [5.41, 5.74) is 1.96. The molecular weight excluding hydrogens is 318 g/mol. The van der Waals surface area contributed by atoms with Crippen LogP contribution in [0.25, 0.3) is 20.4 Å². The van der Waals surface area contributed by atoms with Crippen LogP contribution in [-0.4, -0.2) is 39.8 Å². The van der Waals surface area contributed by atoms with Gasteiger partial charge in [0.15, 0.2) is 5.82 Å². The molecule has 118 valence electrons. The molecule has 0 aliphatic carbocycles. The van der Waals surface area contributed by atoms with Gasteiger partial charge in [-0.15, -0.1) is 11.3 Å². The van der Waals surface area contributed by atoms with Gasteiger partial charge in [-0.3, -0.25) is 0 Å². The van der Waals surface area contributed by atoms with Crippen molar-refractivity contribution < 1.29 is 0 Å². The molecule has 3 aromatic heterocycles. The Bertz CT molecular complexity index is 1040. The maximum Gasteiger partial charge on any atom is 0.175 e. The van der Waals surface area contributed by atoms with Gasteiger partial charge in [-0.25, -0.2) is 19.9 Å². The van der Waals surface area contributed by atoms with Crippen molar-refractivity contribution in [3.8, 4) is 0 Å². The summed E-state index contributed by atoms with van der Waals surface area (Å²) in [5, 5.41) is 1.04. The van der Waals surface area contributed by atoms with Crippen molar-refractivity contribution >= 4 is 43.4 Å². The van der Waals surface area contributed by atoms with Crippen LogP contribution in [0.5, 0.6) is 0 Å². The van der Waals surface area contributed by atoms with Crippen molar-refractivity contribution in [2.24, 2.45) is 4.99 Å². The number of aromatic nitrogens is 3. The summed E-state index contributed by atoms with van der Waals surface area (Å²) in [7, 11) is 3.97. The molecule has 0 saturated carbocycles. The quantitative estimate of drug-likeness (QED) is 0.413. The Morgan fingerprint density at radius 1 is 1.00 bits per heavy atom. The van der Waals surface area contributed by atoms with Gasteiger partial charge in [-0.2, -0.15) is 0 Å².